The number of fused-ring (bicyclic) bond motifs is 1. The van der Waals surface area contributed by atoms with Crippen molar-refractivity contribution >= 4 is 22.9 Å². The van der Waals surface area contributed by atoms with Crippen molar-refractivity contribution < 1.29 is 19.0 Å². The standard InChI is InChI=1S/C38H47N9O4/c1-49-25-26-51-24-23-46-34-12-7-6-11-33(34)40-37(46)44-18-8-17-43(21-22-44)19-15-38(30-9-4-3-5-10-30)16-20-45(28-38)36(48)32-27-31(13-14-35(32)50-2)47-29-39-41-42-47/h3-7,9-14,27,29H,8,15-26,28H2,1-2H3/t38-/m1/s1. The first-order chi connectivity index (χ1) is 25.1. The molecule has 0 N–H and O–H groups in total. The summed E-state index contributed by atoms with van der Waals surface area (Å²) in [6.07, 6.45) is 4.42. The number of imidazole rings is 1. The molecule has 13 heteroatoms. The Bertz CT molecular complexity index is 1880. The number of likely N-dealkylation sites (tertiary alicyclic amines) is 1. The van der Waals surface area contributed by atoms with Gasteiger partial charge in [-0.15, -0.1) is 5.10 Å². The fourth-order valence-electron chi connectivity index (χ4n) is 7.57. The molecule has 268 valence electrons. The predicted molar refractivity (Wildman–Crippen MR) is 195 cm³/mol. The SMILES string of the molecule is COCCOCCn1c(N2CCCN(CC[C@@]3(c4ccccc4)CCN(C(=O)c4cc(-n5cnnn5)ccc4OC)C3)CC2)nc2ccccc21. The maximum Gasteiger partial charge on any atom is 0.257 e. The fourth-order valence-corrected chi connectivity index (χ4v) is 7.57. The summed E-state index contributed by atoms with van der Waals surface area (Å²) in [5, 5.41) is 11.5. The third-order valence-electron chi connectivity index (χ3n) is 10.4. The first kappa shape index (κ1) is 34.6. The van der Waals surface area contributed by atoms with Gasteiger partial charge < -0.3 is 33.5 Å². The molecule has 0 bridgehead atoms. The highest BCUT2D eigenvalue weighted by Gasteiger charge is 2.42. The van der Waals surface area contributed by atoms with Crippen molar-refractivity contribution in [2.24, 2.45) is 0 Å². The number of aromatic nitrogens is 6. The third-order valence-corrected chi connectivity index (χ3v) is 10.4. The smallest absolute Gasteiger partial charge is 0.257 e. The molecule has 0 saturated carbocycles. The molecule has 2 fully saturated rings. The number of tetrazole rings is 1. The molecule has 4 heterocycles. The van der Waals surface area contributed by atoms with Crippen molar-refractivity contribution in [1.82, 2.24) is 39.6 Å². The summed E-state index contributed by atoms with van der Waals surface area (Å²) in [4.78, 5) is 26.3. The van der Waals surface area contributed by atoms with Gasteiger partial charge in [0, 0.05) is 51.8 Å². The van der Waals surface area contributed by atoms with Crippen LogP contribution in [0.25, 0.3) is 16.7 Å². The lowest BCUT2D eigenvalue weighted by molar-refractivity contribution is 0.0670. The summed E-state index contributed by atoms with van der Waals surface area (Å²) in [5.74, 6) is 1.51. The second kappa shape index (κ2) is 16.0. The van der Waals surface area contributed by atoms with Crippen molar-refractivity contribution in [1.29, 1.82) is 0 Å². The largest absolute Gasteiger partial charge is 0.496 e. The number of methoxy groups -OCH3 is 2. The van der Waals surface area contributed by atoms with Gasteiger partial charge in [0.2, 0.25) is 5.95 Å². The van der Waals surface area contributed by atoms with Crippen LogP contribution in [0.15, 0.2) is 79.1 Å². The summed E-state index contributed by atoms with van der Waals surface area (Å²) in [6.45, 7) is 8.59. The van der Waals surface area contributed by atoms with Crippen LogP contribution in [0.2, 0.25) is 0 Å². The summed E-state index contributed by atoms with van der Waals surface area (Å²) in [6, 6.07) is 24.5. The molecule has 0 radical (unpaired) electrons. The highest BCUT2D eigenvalue weighted by atomic mass is 16.5. The number of para-hydroxylation sites is 2. The van der Waals surface area contributed by atoms with E-state index in [2.05, 4.69) is 78.4 Å². The van der Waals surface area contributed by atoms with Crippen LogP contribution in [-0.2, 0) is 21.4 Å². The lowest BCUT2D eigenvalue weighted by Gasteiger charge is -2.33. The van der Waals surface area contributed by atoms with Crippen molar-refractivity contribution in [2.75, 3.05) is 84.8 Å². The molecule has 51 heavy (non-hydrogen) atoms. The number of carbonyl (C=O) groups is 1. The van der Waals surface area contributed by atoms with Crippen molar-refractivity contribution in [3.63, 3.8) is 0 Å². The topological polar surface area (TPSA) is 116 Å². The Morgan fingerprint density at radius 2 is 1.75 bits per heavy atom. The van der Waals surface area contributed by atoms with Crippen molar-refractivity contribution in [3.8, 4) is 11.4 Å². The van der Waals surface area contributed by atoms with Gasteiger partial charge in [0.15, 0.2) is 0 Å². The Labute approximate surface area is 298 Å². The van der Waals surface area contributed by atoms with Gasteiger partial charge in [0.25, 0.3) is 5.91 Å². The Balaban J connectivity index is 1.04. The van der Waals surface area contributed by atoms with Crippen LogP contribution in [0.3, 0.4) is 0 Å². The van der Waals surface area contributed by atoms with Crippen LogP contribution in [0.4, 0.5) is 5.95 Å². The van der Waals surface area contributed by atoms with E-state index in [0.29, 0.717) is 49.9 Å². The van der Waals surface area contributed by atoms with Crippen molar-refractivity contribution in [3.05, 3.63) is 90.3 Å². The molecule has 1 amide bonds. The van der Waals surface area contributed by atoms with E-state index in [-0.39, 0.29) is 11.3 Å². The average molecular weight is 694 g/mol. The van der Waals surface area contributed by atoms with Gasteiger partial charge in [0.05, 0.1) is 49.2 Å². The van der Waals surface area contributed by atoms with Gasteiger partial charge >= 0.3 is 0 Å². The quantitative estimate of drug-likeness (QED) is 0.158. The number of anilines is 1. The van der Waals surface area contributed by atoms with E-state index < -0.39 is 0 Å². The molecule has 2 aliphatic heterocycles. The van der Waals surface area contributed by atoms with E-state index >= 15 is 0 Å². The first-order valence-corrected chi connectivity index (χ1v) is 17.8. The lowest BCUT2D eigenvalue weighted by Crippen LogP contribution is -2.39. The molecule has 3 aromatic carbocycles. The van der Waals surface area contributed by atoms with Crippen LogP contribution in [-0.4, -0.2) is 125 Å². The van der Waals surface area contributed by atoms with Gasteiger partial charge in [-0.3, -0.25) is 4.79 Å². The maximum atomic E-state index is 14.1. The zero-order valence-electron chi connectivity index (χ0n) is 29.6. The second-order valence-corrected chi connectivity index (χ2v) is 13.4. The van der Waals surface area contributed by atoms with E-state index in [4.69, 9.17) is 19.2 Å². The van der Waals surface area contributed by atoms with Crippen LogP contribution in [0.1, 0.15) is 35.2 Å². The minimum atomic E-state index is -0.152. The fraction of sp³-hybridized carbons (Fsp3) is 0.447. The Hall–Kier alpha value is -4.85. The van der Waals surface area contributed by atoms with Crippen LogP contribution in [0, 0.1) is 0 Å². The normalized spacial score (nSPS) is 18.4. The van der Waals surface area contributed by atoms with Gasteiger partial charge in [-0.1, -0.05) is 42.5 Å². The van der Waals surface area contributed by atoms with Crippen molar-refractivity contribution in [2.45, 2.75) is 31.2 Å². The molecule has 0 spiro atoms. The zero-order valence-corrected chi connectivity index (χ0v) is 29.6. The highest BCUT2D eigenvalue weighted by molar-refractivity contribution is 5.98. The molecule has 0 unspecified atom stereocenters. The number of benzene rings is 3. The number of hydrogen-bond donors (Lipinski definition) is 0. The van der Waals surface area contributed by atoms with E-state index in [9.17, 15) is 4.79 Å². The molecule has 7 rings (SSSR count). The van der Waals surface area contributed by atoms with E-state index in [0.717, 1.165) is 75.5 Å². The number of carbonyl (C=O) groups excluding carboxylic acids is 1. The molecule has 2 aromatic heterocycles. The second-order valence-electron chi connectivity index (χ2n) is 13.4. The van der Waals surface area contributed by atoms with Gasteiger partial charge in [0.1, 0.15) is 12.1 Å². The van der Waals surface area contributed by atoms with E-state index in [1.165, 1.54) is 11.9 Å². The Morgan fingerprint density at radius 1 is 0.882 bits per heavy atom. The van der Waals surface area contributed by atoms with E-state index in [1.54, 1.807) is 25.0 Å². The number of nitrogens with zero attached hydrogens (tertiary/aromatic N) is 9. The highest BCUT2D eigenvalue weighted by Crippen LogP contribution is 2.39. The molecule has 1 atom stereocenters. The number of ether oxygens (including phenoxy) is 3. The number of rotatable bonds is 14. The summed E-state index contributed by atoms with van der Waals surface area (Å²) in [5.41, 5.74) is 4.49. The molecule has 0 aliphatic carbocycles. The zero-order chi connectivity index (χ0) is 35.0. The number of amides is 1. The third kappa shape index (κ3) is 7.60. The molecule has 2 saturated heterocycles. The van der Waals surface area contributed by atoms with Gasteiger partial charge in [-0.25, -0.2) is 9.67 Å². The molecule has 2 aliphatic rings. The predicted octanol–water partition coefficient (Wildman–Crippen LogP) is 4.07. The molecule has 5 aromatic rings. The maximum absolute atomic E-state index is 14.1. The summed E-state index contributed by atoms with van der Waals surface area (Å²) < 4.78 is 20.5. The lowest BCUT2D eigenvalue weighted by atomic mass is 9.76. The average Bonchev–Trinajstić information content (AvgIpc) is 3.91. The Kier molecular flexibility index (Phi) is 10.9. The summed E-state index contributed by atoms with van der Waals surface area (Å²) in [7, 11) is 3.29. The number of hydrogen-bond acceptors (Lipinski definition) is 10. The van der Waals surface area contributed by atoms with Crippen LogP contribution in [0.5, 0.6) is 5.75 Å². The van der Waals surface area contributed by atoms with Crippen LogP contribution >= 0.6 is 0 Å². The first-order valence-electron chi connectivity index (χ1n) is 17.8. The summed E-state index contributed by atoms with van der Waals surface area (Å²) >= 11 is 0. The molecular formula is C38H47N9O4. The van der Waals surface area contributed by atoms with Gasteiger partial charge in [-0.2, -0.15) is 0 Å². The Morgan fingerprint density at radius 3 is 2.57 bits per heavy atom. The minimum Gasteiger partial charge on any atom is -0.496 e. The minimum absolute atomic E-state index is 0.0445. The van der Waals surface area contributed by atoms with Crippen LogP contribution < -0.4 is 9.64 Å². The van der Waals surface area contributed by atoms with E-state index in [1.807, 2.05) is 23.1 Å². The molecule has 13 nitrogen and oxygen atoms in total. The monoisotopic (exact) mass is 693 g/mol. The van der Waals surface area contributed by atoms with Gasteiger partial charge in [-0.05, 0) is 78.7 Å². The molecular weight excluding hydrogens is 646 g/mol.